The minimum Gasteiger partial charge on any atom is -0.379 e. The first-order chi connectivity index (χ1) is 14.7. The van der Waals surface area contributed by atoms with Crippen LogP contribution in [-0.4, -0.2) is 11.0 Å². The molecule has 30 heavy (non-hydrogen) atoms. The summed E-state index contributed by atoms with van der Waals surface area (Å²) in [7, 11) is 0. The molecule has 0 amide bonds. The van der Waals surface area contributed by atoms with E-state index in [2.05, 4.69) is 53.2 Å². The highest BCUT2D eigenvalue weighted by Gasteiger charge is 2.30. The third-order valence-electron chi connectivity index (χ3n) is 5.89. The number of nitrogens with zero attached hydrogens (tertiary/aromatic N) is 1. The second kappa shape index (κ2) is 8.67. The minimum absolute atomic E-state index is 0.201. The lowest BCUT2D eigenvalue weighted by Crippen LogP contribution is -2.31. The number of aromatic nitrogens is 1. The number of pyridine rings is 1. The molecular weight excluding hydrogens is 430 g/mol. The van der Waals surface area contributed by atoms with Gasteiger partial charge in [0.1, 0.15) is 5.15 Å². The summed E-state index contributed by atoms with van der Waals surface area (Å²) in [5.41, 5.74) is 11.1. The summed E-state index contributed by atoms with van der Waals surface area (Å²) >= 11 is 10.1. The highest BCUT2D eigenvalue weighted by Crippen LogP contribution is 2.48. The summed E-state index contributed by atoms with van der Waals surface area (Å²) in [4.78, 5) is 7.45. The molecule has 6 heteroatoms. The number of hydrogen-bond acceptors (Lipinski definition) is 5. The average Bonchev–Trinajstić information content (AvgIpc) is 3.41. The number of thiophene rings is 2. The lowest BCUT2D eigenvalue weighted by atomic mass is 9.82. The normalized spacial score (nSPS) is 19.3. The second-order valence-corrected chi connectivity index (χ2v) is 10.3. The van der Waals surface area contributed by atoms with Gasteiger partial charge < -0.3 is 11.1 Å². The van der Waals surface area contributed by atoms with Crippen LogP contribution in [0.3, 0.4) is 0 Å². The summed E-state index contributed by atoms with van der Waals surface area (Å²) in [5.74, 6) is 0.372. The van der Waals surface area contributed by atoms with Crippen LogP contribution in [0.1, 0.15) is 41.4 Å². The molecule has 0 bridgehead atoms. The SMILES string of the molecule is N[C@@H]1CCCC[C@H]1c1sc2c(NCc3cccs3)cc(Cl)nc2c1-c1ccccc1. The highest BCUT2D eigenvalue weighted by molar-refractivity contribution is 7.20. The largest absolute Gasteiger partial charge is 0.379 e. The molecule has 1 aliphatic carbocycles. The molecule has 3 aromatic heterocycles. The Hall–Kier alpha value is -1.92. The Labute approximate surface area is 189 Å². The number of benzene rings is 1. The van der Waals surface area contributed by atoms with Crippen molar-refractivity contribution in [3.05, 3.63) is 68.8 Å². The zero-order chi connectivity index (χ0) is 20.5. The maximum Gasteiger partial charge on any atom is 0.131 e. The first kappa shape index (κ1) is 20.0. The molecule has 0 saturated heterocycles. The van der Waals surface area contributed by atoms with Crippen molar-refractivity contribution in [2.24, 2.45) is 5.73 Å². The Balaban J connectivity index is 1.67. The monoisotopic (exact) mass is 453 g/mol. The van der Waals surface area contributed by atoms with E-state index in [4.69, 9.17) is 22.3 Å². The second-order valence-electron chi connectivity index (χ2n) is 7.87. The Morgan fingerprint density at radius 2 is 1.93 bits per heavy atom. The summed E-state index contributed by atoms with van der Waals surface area (Å²) in [5, 5.41) is 6.23. The number of nitrogens with one attached hydrogen (secondary N) is 1. The van der Waals surface area contributed by atoms with E-state index in [-0.39, 0.29) is 6.04 Å². The number of fused-ring (bicyclic) bond motifs is 1. The van der Waals surface area contributed by atoms with Gasteiger partial charge in [-0.05, 0) is 29.9 Å². The molecule has 0 unspecified atom stereocenters. The molecule has 0 aliphatic heterocycles. The minimum atomic E-state index is 0.201. The quantitative estimate of drug-likeness (QED) is 0.312. The van der Waals surface area contributed by atoms with E-state index in [0.717, 1.165) is 30.6 Å². The zero-order valence-corrected chi connectivity index (χ0v) is 19.0. The maximum atomic E-state index is 6.62. The van der Waals surface area contributed by atoms with Crippen molar-refractivity contribution in [2.75, 3.05) is 5.32 Å². The van der Waals surface area contributed by atoms with Gasteiger partial charge in [0.25, 0.3) is 0 Å². The topological polar surface area (TPSA) is 50.9 Å². The van der Waals surface area contributed by atoms with Crippen LogP contribution in [0.15, 0.2) is 53.9 Å². The number of rotatable bonds is 5. The third-order valence-corrected chi connectivity index (χ3v) is 8.30. The molecule has 5 rings (SSSR count). The Kier molecular flexibility index (Phi) is 5.79. The molecule has 3 heterocycles. The van der Waals surface area contributed by atoms with Crippen LogP contribution in [-0.2, 0) is 6.54 Å². The van der Waals surface area contributed by atoms with Crippen LogP contribution in [0.2, 0.25) is 5.15 Å². The van der Waals surface area contributed by atoms with Crippen LogP contribution in [0, 0.1) is 0 Å². The van der Waals surface area contributed by atoms with E-state index in [1.165, 1.54) is 38.4 Å². The molecule has 0 radical (unpaired) electrons. The van der Waals surface area contributed by atoms with E-state index in [1.54, 1.807) is 11.3 Å². The summed E-state index contributed by atoms with van der Waals surface area (Å²) in [6.45, 7) is 0.782. The first-order valence-electron chi connectivity index (χ1n) is 10.4. The van der Waals surface area contributed by atoms with Gasteiger partial charge in [0, 0.05) is 39.9 Å². The van der Waals surface area contributed by atoms with Crippen molar-refractivity contribution < 1.29 is 0 Å². The Morgan fingerprint density at radius 1 is 1.10 bits per heavy atom. The van der Waals surface area contributed by atoms with Gasteiger partial charge >= 0.3 is 0 Å². The van der Waals surface area contributed by atoms with Gasteiger partial charge in [-0.2, -0.15) is 0 Å². The van der Waals surface area contributed by atoms with Crippen molar-refractivity contribution >= 4 is 50.2 Å². The van der Waals surface area contributed by atoms with Crippen LogP contribution >= 0.6 is 34.3 Å². The molecule has 0 spiro atoms. The fraction of sp³-hybridized carbons (Fsp3) is 0.292. The predicted molar refractivity (Wildman–Crippen MR) is 131 cm³/mol. The van der Waals surface area contributed by atoms with Crippen molar-refractivity contribution in [1.29, 1.82) is 0 Å². The van der Waals surface area contributed by atoms with Crippen LogP contribution in [0.4, 0.5) is 5.69 Å². The number of hydrogen-bond donors (Lipinski definition) is 2. The summed E-state index contributed by atoms with van der Waals surface area (Å²) in [6, 6.07) is 16.9. The number of nitrogens with two attached hydrogens (primary N) is 1. The smallest absolute Gasteiger partial charge is 0.131 e. The average molecular weight is 454 g/mol. The summed E-state index contributed by atoms with van der Waals surface area (Å²) < 4.78 is 1.17. The van der Waals surface area contributed by atoms with Crippen LogP contribution in [0.5, 0.6) is 0 Å². The Morgan fingerprint density at radius 3 is 2.70 bits per heavy atom. The van der Waals surface area contributed by atoms with Crippen LogP contribution in [0.25, 0.3) is 21.3 Å². The van der Waals surface area contributed by atoms with Crippen molar-refractivity contribution in [2.45, 2.75) is 44.2 Å². The standard InChI is InChI=1S/C24H24ClN3S2/c25-20-13-19(27-14-16-9-6-12-29-16)24-22(28-20)21(15-7-2-1-3-8-15)23(30-24)17-10-4-5-11-18(17)26/h1-3,6-9,12-13,17-18H,4-5,10-11,14,26H2,(H,27,28)/t17-,18-/m1/s1. The van der Waals surface area contributed by atoms with E-state index < -0.39 is 0 Å². The van der Waals surface area contributed by atoms with Gasteiger partial charge in [-0.15, -0.1) is 22.7 Å². The van der Waals surface area contributed by atoms with Gasteiger partial charge in [0.2, 0.25) is 0 Å². The van der Waals surface area contributed by atoms with Gasteiger partial charge in [-0.1, -0.05) is 60.8 Å². The molecule has 1 aromatic carbocycles. The van der Waals surface area contributed by atoms with Crippen molar-refractivity contribution in [3.63, 3.8) is 0 Å². The third kappa shape index (κ3) is 3.87. The summed E-state index contributed by atoms with van der Waals surface area (Å²) in [6.07, 6.45) is 4.68. The Bertz CT molecular complexity index is 1140. The fourth-order valence-corrected chi connectivity index (χ4v) is 6.71. The van der Waals surface area contributed by atoms with Gasteiger partial charge in [0.15, 0.2) is 0 Å². The maximum absolute atomic E-state index is 6.62. The lowest BCUT2D eigenvalue weighted by Gasteiger charge is -2.28. The van der Waals surface area contributed by atoms with E-state index in [1.807, 2.05) is 17.4 Å². The molecule has 154 valence electrons. The fourth-order valence-electron chi connectivity index (χ4n) is 4.41. The zero-order valence-electron chi connectivity index (χ0n) is 16.6. The highest BCUT2D eigenvalue weighted by atomic mass is 35.5. The molecule has 4 aromatic rings. The van der Waals surface area contributed by atoms with Crippen LogP contribution < -0.4 is 11.1 Å². The molecule has 1 fully saturated rings. The van der Waals surface area contributed by atoms with Gasteiger partial charge in [0.05, 0.1) is 15.9 Å². The molecule has 3 nitrogen and oxygen atoms in total. The van der Waals surface area contributed by atoms with Crippen molar-refractivity contribution in [3.8, 4) is 11.1 Å². The lowest BCUT2D eigenvalue weighted by molar-refractivity contribution is 0.390. The number of halogens is 1. The van der Waals surface area contributed by atoms with E-state index in [0.29, 0.717) is 11.1 Å². The van der Waals surface area contributed by atoms with Crippen molar-refractivity contribution in [1.82, 2.24) is 4.98 Å². The van der Waals surface area contributed by atoms with E-state index >= 15 is 0 Å². The predicted octanol–water partition coefficient (Wildman–Crippen LogP) is 7.28. The molecular formula is C24H24ClN3S2. The molecule has 3 N–H and O–H groups in total. The first-order valence-corrected chi connectivity index (χ1v) is 12.5. The number of anilines is 1. The van der Waals surface area contributed by atoms with Gasteiger partial charge in [-0.3, -0.25) is 0 Å². The van der Waals surface area contributed by atoms with E-state index in [9.17, 15) is 0 Å². The van der Waals surface area contributed by atoms with Gasteiger partial charge in [-0.25, -0.2) is 4.98 Å². The molecule has 1 saturated carbocycles. The molecule has 2 atom stereocenters. The molecule has 1 aliphatic rings.